The SMILES string of the molecule is C1=CC(c2ccccc2)O[C@@H](COCc2ccccc2)C1. The zero-order valence-electron chi connectivity index (χ0n) is 12.0. The second-order valence-corrected chi connectivity index (χ2v) is 5.25. The van der Waals surface area contributed by atoms with Crippen molar-refractivity contribution >= 4 is 0 Å². The molecule has 2 atom stereocenters. The molecule has 0 radical (unpaired) electrons. The number of ether oxygens (including phenoxy) is 2. The molecule has 0 aromatic heterocycles. The van der Waals surface area contributed by atoms with Gasteiger partial charge < -0.3 is 9.47 Å². The van der Waals surface area contributed by atoms with Gasteiger partial charge >= 0.3 is 0 Å². The quantitative estimate of drug-likeness (QED) is 0.761. The van der Waals surface area contributed by atoms with Gasteiger partial charge in [0.1, 0.15) is 6.10 Å². The smallest absolute Gasteiger partial charge is 0.101 e. The Morgan fingerprint density at radius 2 is 1.67 bits per heavy atom. The van der Waals surface area contributed by atoms with E-state index in [-0.39, 0.29) is 12.2 Å². The highest BCUT2D eigenvalue weighted by atomic mass is 16.5. The van der Waals surface area contributed by atoms with Gasteiger partial charge in [0.25, 0.3) is 0 Å². The van der Waals surface area contributed by atoms with Gasteiger partial charge in [0.2, 0.25) is 0 Å². The molecule has 0 saturated carbocycles. The molecule has 0 N–H and O–H groups in total. The van der Waals surface area contributed by atoms with E-state index < -0.39 is 0 Å². The molecule has 2 nitrogen and oxygen atoms in total. The van der Waals surface area contributed by atoms with Crippen LogP contribution in [0.15, 0.2) is 72.8 Å². The minimum absolute atomic E-state index is 0.0466. The molecule has 1 unspecified atom stereocenters. The van der Waals surface area contributed by atoms with Gasteiger partial charge in [-0.15, -0.1) is 0 Å². The minimum atomic E-state index is 0.0466. The van der Waals surface area contributed by atoms with Crippen molar-refractivity contribution in [2.24, 2.45) is 0 Å². The van der Waals surface area contributed by atoms with E-state index in [2.05, 4.69) is 36.4 Å². The molecule has 21 heavy (non-hydrogen) atoms. The van der Waals surface area contributed by atoms with Crippen LogP contribution in [0.2, 0.25) is 0 Å². The normalized spacial score (nSPS) is 21.3. The third-order valence-corrected chi connectivity index (χ3v) is 3.59. The second kappa shape index (κ2) is 7.21. The molecule has 0 amide bonds. The molecular formula is C19H20O2. The summed E-state index contributed by atoms with van der Waals surface area (Å²) in [5.74, 6) is 0. The predicted molar refractivity (Wildman–Crippen MR) is 83.9 cm³/mol. The summed E-state index contributed by atoms with van der Waals surface area (Å²) in [6, 6.07) is 20.5. The molecule has 0 bridgehead atoms. The fraction of sp³-hybridized carbons (Fsp3) is 0.263. The van der Waals surface area contributed by atoms with Gasteiger partial charge in [-0.1, -0.05) is 72.8 Å². The van der Waals surface area contributed by atoms with Crippen molar-refractivity contribution in [1.29, 1.82) is 0 Å². The lowest BCUT2D eigenvalue weighted by Crippen LogP contribution is -2.24. The van der Waals surface area contributed by atoms with Crippen molar-refractivity contribution in [1.82, 2.24) is 0 Å². The molecule has 1 heterocycles. The Bertz CT molecular complexity index is 563. The Morgan fingerprint density at radius 1 is 0.952 bits per heavy atom. The maximum absolute atomic E-state index is 6.10. The minimum Gasteiger partial charge on any atom is -0.374 e. The van der Waals surface area contributed by atoms with Crippen LogP contribution in [0, 0.1) is 0 Å². The second-order valence-electron chi connectivity index (χ2n) is 5.25. The lowest BCUT2D eigenvalue weighted by Gasteiger charge is -2.26. The third kappa shape index (κ3) is 4.03. The van der Waals surface area contributed by atoms with Crippen LogP contribution >= 0.6 is 0 Å². The third-order valence-electron chi connectivity index (χ3n) is 3.59. The Morgan fingerprint density at radius 3 is 2.43 bits per heavy atom. The van der Waals surface area contributed by atoms with Gasteiger partial charge in [0.15, 0.2) is 0 Å². The van der Waals surface area contributed by atoms with Crippen LogP contribution in [0.25, 0.3) is 0 Å². The zero-order valence-corrected chi connectivity index (χ0v) is 12.0. The van der Waals surface area contributed by atoms with Gasteiger partial charge in [0.05, 0.1) is 19.3 Å². The highest BCUT2D eigenvalue weighted by Gasteiger charge is 2.19. The van der Waals surface area contributed by atoms with Crippen LogP contribution in [0.3, 0.4) is 0 Å². The van der Waals surface area contributed by atoms with Crippen molar-refractivity contribution in [2.75, 3.05) is 6.61 Å². The van der Waals surface area contributed by atoms with E-state index in [1.165, 1.54) is 11.1 Å². The first-order valence-electron chi connectivity index (χ1n) is 7.40. The predicted octanol–water partition coefficient (Wildman–Crippen LogP) is 4.29. The molecule has 1 aliphatic rings. The average molecular weight is 280 g/mol. The molecule has 2 heteroatoms. The number of hydrogen-bond acceptors (Lipinski definition) is 2. The Hall–Kier alpha value is -1.90. The first kappa shape index (κ1) is 14.1. The molecular weight excluding hydrogens is 260 g/mol. The van der Waals surface area contributed by atoms with E-state index in [1.807, 2.05) is 36.4 Å². The summed E-state index contributed by atoms with van der Waals surface area (Å²) in [6.07, 6.45) is 5.41. The van der Waals surface area contributed by atoms with E-state index in [0.29, 0.717) is 13.2 Å². The molecule has 108 valence electrons. The van der Waals surface area contributed by atoms with Gasteiger partial charge in [-0.2, -0.15) is 0 Å². The summed E-state index contributed by atoms with van der Waals surface area (Å²) >= 11 is 0. The molecule has 3 rings (SSSR count). The highest BCUT2D eigenvalue weighted by Crippen LogP contribution is 2.26. The van der Waals surface area contributed by atoms with Gasteiger partial charge in [-0.05, 0) is 17.5 Å². The van der Waals surface area contributed by atoms with Crippen LogP contribution in [0.5, 0.6) is 0 Å². The van der Waals surface area contributed by atoms with Crippen molar-refractivity contribution in [2.45, 2.75) is 25.2 Å². The standard InChI is InChI=1S/C19H20O2/c1-3-8-16(9-4-1)14-20-15-18-12-7-13-19(21-18)17-10-5-2-6-11-17/h1-11,13,18-19H,12,14-15H2/t18-,19?/m1/s1. The van der Waals surface area contributed by atoms with Gasteiger partial charge in [-0.3, -0.25) is 0 Å². The van der Waals surface area contributed by atoms with Crippen molar-refractivity contribution in [3.63, 3.8) is 0 Å². The Balaban J connectivity index is 1.50. The van der Waals surface area contributed by atoms with Crippen molar-refractivity contribution < 1.29 is 9.47 Å². The summed E-state index contributed by atoms with van der Waals surface area (Å²) in [5, 5.41) is 0. The fourth-order valence-electron chi connectivity index (χ4n) is 2.48. The lowest BCUT2D eigenvalue weighted by molar-refractivity contribution is -0.0506. The Kier molecular flexibility index (Phi) is 4.82. The fourth-order valence-corrected chi connectivity index (χ4v) is 2.48. The largest absolute Gasteiger partial charge is 0.374 e. The zero-order chi connectivity index (χ0) is 14.3. The van der Waals surface area contributed by atoms with Crippen molar-refractivity contribution in [3.05, 3.63) is 83.9 Å². The average Bonchev–Trinajstić information content (AvgIpc) is 2.57. The summed E-state index contributed by atoms with van der Waals surface area (Å²) in [6.45, 7) is 1.27. The van der Waals surface area contributed by atoms with Crippen molar-refractivity contribution in [3.8, 4) is 0 Å². The van der Waals surface area contributed by atoms with Crippen LogP contribution in [0.1, 0.15) is 23.7 Å². The van der Waals surface area contributed by atoms with E-state index >= 15 is 0 Å². The summed E-state index contributed by atoms with van der Waals surface area (Å²) in [5.41, 5.74) is 2.39. The molecule has 2 aromatic carbocycles. The molecule has 0 spiro atoms. The number of hydrogen-bond donors (Lipinski definition) is 0. The molecule has 2 aromatic rings. The number of rotatable bonds is 5. The monoisotopic (exact) mass is 280 g/mol. The Labute approximate surface area is 126 Å². The first-order chi connectivity index (χ1) is 10.4. The van der Waals surface area contributed by atoms with Crippen LogP contribution in [-0.4, -0.2) is 12.7 Å². The topological polar surface area (TPSA) is 18.5 Å². The number of benzene rings is 2. The summed E-state index contributed by atoms with van der Waals surface area (Å²) < 4.78 is 11.9. The lowest BCUT2D eigenvalue weighted by atomic mass is 10.1. The maximum atomic E-state index is 6.10. The summed E-state index contributed by atoms with van der Waals surface area (Å²) in [7, 11) is 0. The first-order valence-corrected chi connectivity index (χ1v) is 7.40. The highest BCUT2D eigenvalue weighted by molar-refractivity contribution is 5.22. The molecule has 0 saturated heterocycles. The molecule has 0 fully saturated rings. The molecule has 1 aliphatic heterocycles. The van der Waals surface area contributed by atoms with E-state index in [0.717, 1.165) is 6.42 Å². The van der Waals surface area contributed by atoms with Crippen LogP contribution in [-0.2, 0) is 16.1 Å². The van der Waals surface area contributed by atoms with E-state index in [4.69, 9.17) is 9.47 Å². The van der Waals surface area contributed by atoms with Gasteiger partial charge in [-0.25, -0.2) is 0 Å². The van der Waals surface area contributed by atoms with Crippen LogP contribution < -0.4 is 0 Å². The van der Waals surface area contributed by atoms with Crippen LogP contribution in [0.4, 0.5) is 0 Å². The molecule has 0 aliphatic carbocycles. The van der Waals surface area contributed by atoms with E-state index in [9.17, 15) is 0 Å². The van der Waals surface area contributed by atoms with E-state index in [1.54, 1.807) is 0 Å². The van der Waals surface area contributed by atoms with Gasteiger partial charge in [0, 0.05) is 0 Å². The summed E-state index contributed by atoms with van der Waals surface area (Å²) in [4.78, 5) is 0. The maximum Gasteiger partial charge on any atom is 0.101 e.